The molecule has 0 spiro atoms. The normalized spacial score (nSPS) is 15.9. The summed E-state index contributed by atoms with van der Waals surface area (Å²) in [4.78, 5) is 31.3. The summed E-state index contributed by atoms with van der Waals surface area (Å²) >= 11 is 6.72. The number of anilines is 2. The molecule has 2 unspecified atom stereocenters. The zero-order chi connectivity index (χ0) is 49.3. The average molecular weight is 1120 g/mol. The molecule has 6 aromatic carbocycles. The number of halogens is 1. The predicted molar refractivity (Wildman–Crippen MR) is 284 cm³/mol. The summed E-state index contributed by atoms with van der Waals surface area (Å²) in [6, 6.07) is 36.2. The van der Waals surface area contributed by atoms with E-state index in [-0.39, 0.29) is 53.5 Å². The maximum Gasteiger partial charge on any atom is 0.231 e. The molecule has 8 heterocycles. The summed E-state index contributed by atoms with van der Waals surface area (Å²) in [5.41, 5.74) is 10.7. The number of hydrogen-bond donors (Lipinski definition) is 2. The number of H-pyrrole nitrogens is 2. The third kappa shape index (κ3) is 8.45. The monoisotopic (exact) mass is 1120 g/mol. The van der Waals surface area contributed by atoms with E-state index in [1.165, 1.54) is 21.9 Å². The Morgan fingerprint density at radius 1 is 0.533 bits per heavy atom. The van der Waals surface area contributed by atoms with Crippen molar-refractivity contribution in [2.75, 3.05) is 64.9 Å². The van der Waals surface area contributed by atoms with Crippen LogP contribution in [0.2, 0.25) is 5.15 Å². The topological polar surface area (TPSA) is 163 Å². The SMILES string of the molecule is COc1cc2cnc(N3CCc4c([nH]c5ccccc45)C3c3ccc4c(c3)OCO4)nc2cc1OC.COc1cc2nc(N3CCc4c([nH]c5ccccc45)C3c3ccc4c(c3)OCO4)nc(Cl)c2cc1OC.[CH3-].[Pd]. The van der Waals surface area contributed by atoms with E-state index in [4.69, 9.17) is 69.4 Å². The van der Waals surface area contributed by atoms with Gasteiger partial charge in [-0.3, -0.25) is 0 Å². The number of hydrogen-bond acceptors (Lipinski definition) is 14. The van der Waals surface area contributed by atoms with Gasteiger partial charge in [-0.05, 0) is 83.6 Å². The van der Waals surface area contributed by atoms with Crippen molar-refractivity contribution in [2.24, 2.45) is 0 Å². The van der Waals surface area contributed by atoms with Gasteiger partial charge in [-0.2, -0.15) is 0 Å². The summed E-state index contributed by atoms with van der Waals surface area (Å²) in [6.07, 6.45) is 3.57. The van der Waals surface area contributed by atoms with Gasteiger partial charge in [-0.25, -0.2) is 19.9 Å². The molecule has 14 rings (SSSR count). The zero-order valence-electron chi connectivity index (χ0n) is 41.5. The van der Waals surface area contributed by atoms with E-state index in [9.17, 15) is 0 Å². The molecule has 16 nitrogen and oxygen atoms in total. The summed E-state index contributed by atoms with van der Waals surface area (Å²) < 4.78 is 44.5. The van der Waals surface area contributed by atoms with Crippen LogP contribution in [0.25, 0.3) is 43.6 Å². The van der Waals surface area contributed by atoms with Crippen LogP contribution >= 0.6 is 11.6 Å². The molecular weight excluding hydrogens is 1070 g/mol. The van der Waals surface area contributed by atoms with Crippen molar-refractivity contribution in [3.63, 3.8) is 0 Å². The zero-order valence-corrected chi connectivity index (χ0v) is 43.8. The van der Waals surface area contributed by atoms with E-state index in [1.807, 2.05) is 54.7 Å². The van der Waals surface area contributed by atoms with Crippen molar-refractivity contribution in [3.8, 4) is 46.0 Å². The molecule has 18 heteroatoms. The van der Waals surface area contributed by atoms with Crippen molar-refractivity contribution in [2.45, 2.75) is 24.9 Å². The average Bonchev–Trinajstić information content (AvgIpc) is 4.27. The molecule has 0 fully saturated rings. The summed E-state index contributed by atoms with van der Waals surface area (Å²) in [5, 5.41) is 4.43. The molecule has 384 valence electrons. The van der Waals surface area contributed by atoms with Gasteiger partial charge < -0.3 is 65.1 Å². The number of nitrogens with one attached hydrogen (secondary N) is 2. The van der Waals surface area contributed by atoms with E-state index >= 15 is 0 Å². The number of para-hydroxylation sites is 2. The first-order chi connectivity index (χ1) is 35.9. The van der Waals surface area contributed by atoms with Gasteiger partial charge in [-0.15, -0.1) is 0 Å². The number of fused-ring (bicyclic) bond motifs is 10. The number of ether oxygens (including phenoxy) is 8. The van der Waals surface area contributed by atoms with Crippen LogP contribution in [0.4, 0.5) is 11.9 Å². The molecule has 0 saturated carbocycles. The van der Waals surface area contributed by atoms with E-state index in [0.29, 0.717) is 57.5 Å². The van der Waals surface area contributed by atoms with Gasteiger partial charge in [0.1, 0.15) is 5.15 Å². The third-order valence-electron chi connectivity index (χ3n) is 14.2. The van der Waals surface area contributed by atoms with E-state index in [1.54, 1.807) is 28.4 Å². The Morgan fingerprint density at radius 2 is 1.01 bits per heavy atom. The van der Waals surface area contributed by atoms with Gasteiger partial charge in [0.2, 0.25) is 25.5 Å². The predicted octanol–water partition coefficient (Wildman–Crippen LogP) is 11.1. The van der Waals surface area contributed by atoms with Crippen molar-refractivity contribution in [1.82, 2.24) is 29.9 Å². The van der Waals surface area contributed by atoms with Gasteiger partial charge in [-0.1, -0.05) is 60.1 Å². The molecule has 2 atom stereocenters. The fraction of sp³-hybridized carbons (Fsp3) is 0.211. The summed E-state index contributed by atoms with van der Waals surface area (Å²) in [7, 11) is 6.45. The number of aromatic amines is 2. The van der Waals surface area contributed by atoms with Crippen LogP contribution in [0.3, 0.4) is 0 Å². The third-order valence-corrected chi connectivity index (χ3v) is 14.5. The minimum Gasteiger partial charge on any atom is -0.493 e. The molecule has 10 aromatic rings. The molecular formula is C57H50ClN8O8Pd-. The number of rotatable bonds is 8. The molecule has 4 aliphatic heterocycles. The minimum atomic E-state index is -0.181. The van der Waals surface area contributed by atoms with Crippen LogP contribution in [0.5, 0.6) is 46.0 Å². The first-order valence-electron chi connectivity index (χ1n) is 23.9. The van der Waals surface area contributed by atoms with E-state index in [2.05, 4.69) is 80.4 Å². The van der Waals surface area contributed by atoms with Gasteiger partial charge in [0.15, 0.2) is 46.0 Å². The van der Waals surface area contributed by atoms with Gasteiger partial charge in [0.05, 0.1) is 51.6 Å². The maximum absolute atomic E-state index is 6.72. The van der Waals surface area contributed by atoms with Gasteiger partial charge in [0.25, 0.3) is 0 Å². The second kappa shape index (κ2) is 20.0. The fourth-order valence-corrected chi connectivity index (χ4v) is 11.0. The Morgan fingerprint density at radius 3 is 1.57 bits per heavy atom. The first-order valence-corrected chi connectivity index (χ1v) is 24.2. The van der Waals surface area contributed by atoms with Gasteiger partial charge >= 0.3 is 0 Å². The van der Waals surface area contributed by atoms with E-state index < -0.39 is 0 Å². The van der Waals surface area contributed by atoms with Crippen molar-refractivity contribution in [3.05, 3.63) is 162 Å². The molecule has 0 bridgehead atoms. The van der Waals surface area contributed by atoms with Crippen molar-refractivity contribution >= 4 is 67.1 Å². The van der Waals surface area contributed by atoms with E-state index in [0.717, 1.165) is 86.8 Å². The van der Waals surface area contributed by atoms with Crippen LogP contribution in [0.15, 0.2) is 115 Å². The Balaban J connectivity index is 0.000000156. The second-order valence-electron chi connectivity index (χ2n) is 18.0. The largest absolute Gasteiger partial charge is 0.493 e. The molecule has 0 amide bonds. The second-order valence-corrected chi connectivity index (χ2v) is 18.4. The van der Waals surface area contributed by atoms with Crippen LogP contribution < -0.4 is 47.7 Å². The Bertz CT molecular complexity index is 3810. The molecule has 0 aliphatic carbocycles. The quantitative estimate of drug-likeness (QED) is 0.0839. The number of nitrogens with zero attached hydrogens (tertiary/aromatic N) is 6. The Labute approximate surface area is 450 Å². The summed E-state index contributed by atoms with van der Waals surface area (Å²) in [5.74, 6) is 6.64. The van der Waals surface area contributed by atoms with Gasteiger partial charge in [0, 0.05) is 95.8 Å². The van der Waals surface area contributed by atoms with Crippen LogP contribution in [0, 0.1) is 7.43 Å². The smallest absolute Gasteiger partial charge is 0.231 e. The number of aromatic nitrogens is 6. The standard InChI is InChI=1S/C28H23ClN4O4.C28H24N4O4.CH3.Pd/c1-34-22-12-18-20(13-23(22)35-2)31-28(32-27(18)29)33-10-9-17-16-5-3-4-6-19(16)30-25(17)26(33)15-7-8-21-24(11-15)37-14-36-21;1-33-23-12-17-14-29-28(31-21(17)13-24(23)34-2)32-10-9-19-18-5-3-4-6-20(18)30-26(19)27(32)16-7-8-22-25(11-16)36-15-35-22;;/h3-8,11-13,26,30H,9-10,14H2,1-2H3;3-8,11-14,27,30H,9-10,15H2,1-2H3;1H3;/q;;-1;. The Hall–Kier alpha value is -7.97. The molecule has 0 saturated heterocycles. The van der Waals surface area contributed by atoms with Crippen molar-refractivity contribution in [1.29, 1.82) is 0 Å². The molecule has 4 aromatic heterocycles. The Kier molecular flexibility index (Phi) is 13.2. The minimum absolute atomic E-state index is 0. The maximum atomic E-state index is 6.72. The van der Waals surface area contributed by atoms with Crippen LogP contribution in [-0.4, -0.2) is 85.0 Å². The van der Waals surface area contributed by atoms with Crippen molar-refractivity contribution < 1.29 is 58.3 Å². The molecule has 2 N–H and O–H groups in total. The first kappa shape index (κ1) is 49.3. The molecule has 4 aliphatic rings. The number of methoxy groups -OCH3 is 4. The molecule has 75 heavy (non-hydrogen) atoms. The van der Waals surface area contributed by atoms with Crippen LogP contribution in [-0.2, 0) is 33.3 Å². The number of benzene rings is 6. The van der Waals surface area contributed by atoms with Crippen LogP contribution in [0.1, 0.15) is 45.7 Å². The molecule has 0 radical (unpaired) electrons. The fourth-order valence-electron chi connectivity index (χ4n) is 10.8. The summed E-state index contributed by atoms with van der Waals surface area (Å²) in [6.45, 7) is 1.94.